The van der Waals surface area contributed by atoms with Gasteiger partial charge in [0, 0.05) is 24.0 Å². The van der Waals surface area contributed by atoms with Crippen molar-refractivity contribution in [1.29, 1.82) is 0 Å². The Labute approximate surface area is 85.6 Å². The smallest absolute Gasteiger partial charge is 0.300 e. The molecule has 0 aromatic carbocycles. The third-order valence-corrected chi connectivity index (χ3v) is 1.34. The van der Waals surface area contributed by atoms with Crippen molar-refractivity contribution in [2.45, 2.75) is 27.7 Å². The van der Waals surface area contributed by atoms with Crippen LogP contribution in [0.15, 0.2) is 0 Å². The fourth-order valence-electron chi connectivity index (χ4n) is 0.671. The van der Waals surface area contributed by atoms with Crippen molar-refractivity contribution in [2.24, 2.45) is 0 Å². The molecule has 0 saturated heterocycles. The number of nitrogens with zero attached hydrogens (tertiary/aromatic N) is 1. The molecule has 0 atom stereocenters. The molecule has 12 heavy (non-hydrogen) atoms. The van der Waals surface area contributed by atoms with Crippen LogP contribution in [0.5, 0.6) is 0 Å². The van der Waals surface area contributed by atoms with Gasteiger partial charge in [0.1, 0.15) is 0 Å². The molecule has 0 fully saturated rings. The van der Waals surface area contributed by atoms with Gasteiger partial charge in [-0.05, 0) is 19.6 Å². The van der Waals surface area contributed by atoms with Crippen LogP contribution in [0.4, 0.5) is 0 Å². The van der Waals surface area contributed by atoms with E-state index < -0.39 is 5.97 Å². The molecule has 0 heterocycles. The summed E-state index contributed by atoms with van der Waals surface area (Å²) in [7, 11) is 0. The maximum absolute atomic E-state index is 9.00. The van der Waals surface area contributed by atoms with E-state index in [1.165, 1.54) is 19.6 Å². The first-order valence-corrected chi connectivity index (χ1v) is 4.00. The summed E-state index contributed by atoms with van der Waals surface area (Å²) in [4.78, 5) is 11.4. The molecule has 1 N–H and O–H groups in total. The molecule has 1 radical (unpaired) electrons. The minimum Gasteiger partial charge on any atom is -0.481 e. The summed E-state index contributed by atoms with van der Waals surface area (Å²) in [6.07, 6.45) is 0. The quantitative estimate of drug-likeness (QED) is 0.738. The predicted octanol–water partition coefficient (Wildman–Crippen LogP) is 1.44. The van der Waals surface area contributed by atoms with E-state index in [2.05, 4.69) is 25.7 Å². The van der Waals surface area contributed by atoms with E-state index in [1.807, 2.05) is 0 Å². The normalized spacial score (nSPS) is 8.08. The molecule has 79 valence electrons. The van der Waals surface area contributed by atoms with E-state index >= 15 is 0 Å². The number of hydrogen-bond donors (Lipinski definition) is 1. The summed E-state index contributed by atoms with van der Waals surface area (Å²) >= 11 is 0. The molecule has 0 saturated carbocycles. The van der Waals surface area contributed by atoms with E-state index in [1.54, 1.807) is 0 Å². The summed E-state index contributed by atoms with van der Waals surface area (Å²) < 4.78 is 0. The average Bonchev–Trinajstić information content (AvgIpc) is 1.90. The first kappa shape index (κ1) is 17.9. The molecule has 0 amide bonds. The number of carboxylic acid groups (broad SMARTS) is 1. The van der Waals surface area contributed by atoms with Gasteiger partial charge in [-0.2, -0.15) is 0 Å². The molecule has 3 nitrogen and oxygen atoms in total. The molecule has 0 spiro atoms. The van der Waals surface area contributed by atoms with Crippen molar-refractivity contribution in [1.82, 2.24) is 4.90 Å². The molecule has 0 bridgehead atoms. The monoisotopic (exact) mass is 224 g/mol. The molecule has 0 aromatic rings. The Morgan fingerprint density at radius 2 is 1.33 bits per heavy atom. The fraction of sp³-hybridized carbons (Fsp3) is 0.875. The Bertz CT molecular complexity index is 85.5. The first-order valence-electron chi connectivity index (χ1n) is 4.00. The molecule has 0 aromatic heterocycles. The van der Waals surface area contributed by atoms with Crippen molar-refractivity contribution < 1.29 is 27.0 Å². The zero-order valence-electron chi connectivity index (χ0n) is 8.23. The second-order valence-corrected chi connectivity index (χ2v) is 2.14. The van der Waals surface area contributed by atoms with Gasteiger partial charge in [-0.25, -0.2) is 0 Å². The Morgan fingerprint density at radius 1 is 1.17 bits per heavy atom. The summed E-state index contributed by atoms with van der Waals surface area (Å²) in [6, 6.07) is 0. The van der Waals surface area contributed by atoms with Crippen LogP contribution >= 0.6 is 0 Å². The Hall–Kier alpha value is -0.0505. The summed E-state index contributed by atoms with van der Waals surface area (Å²) in [5.74, 6) is -0.833. The molecule has 0 aliphatic rings. The standard InChI is InChI=1S/C6H15N.C2H4O2.Cu/c1-4-7(5-2)6-3;1-2(3)4;/h4-6H2,1-3H3;1H3,(H,3,4);. The predicted molar refractivity (Wildman–Crippen MR) is 46.8 cm³/mol. The SMILES string of the molecule is CC(=O)O.CCN(CC)CC.[Cu]. The van der Waals surface area contributed by atoms with Crippen molar-refractivity contribution in [2.75, 3.05) is 19.6 Å². The number of rotatable bonds is 3. The van der Waals surface area contributed by atoms with Crippen molar-refractivity contribution >= 4 is 5.97 Å². The van der Waals surface area contributed by atoms with Crippen LogP contribution in [0.3, 0.4) is 0 Å². The molecule has 0 rings (SSSR count). The van der Waals surface area contributed by atoms with Crippen LogP contribution in [-0.4, -0.2) is 35.6 Å². The maximum atomic E-state index is 9.00. The zero-order chi connectivity index (χ0) is 9.28. The zero-order valence-corrected chi connectivity index (χ0v) is 9.17. The number of carboxylic acids is 1. The number of aliphatic carboxylic acids is 1. The maximum Gasteiger partial charge on any atom is 0.300 e. The van der Waals surface area contributed by atoms with Crippen LogP contribution < -0.4 is 0 Å². The number of hydrogen-bond acceptors (Lipinski definition) is 2. The van der Waals surface area contributed by atoms with Crippen LogP contribution in [0.25, 0.3) is 0 Å². The van der Waals surface area contributed by atoms with Gasteiger partial charge in [0.15, 0.2) is 0 Å². The van der Waals surface area contributed by atoms with Crippen LogP contribution in [0.1, 0.15) is 27.7 Å². The van der Waals surface area contributed by atoms with Gasteiger partial charge in [-0.1, -0.05) is 20.8 Å². The molecular weight excluding hydrogens is 206 g/mol. The topological polar surface area (TPSA) is 40.5 Å². The first-order chi connectivity index (χ1) is 5.08. The minimum absolute atomic E-state index is 0. The van der Waals surface area contributed by atoms with Crippen molar-refractivity contribution in [3.05, 3.63) is 0 Å². The van der Waals surface area contributed by atoms with Gasteiger partial charge in [0.2, 0.25) is 0 Å². The van der Waals surface area contributed by atoms with Gasteiger partial charge >= 0.3 is 0 Å². The third-order valence-electron chi connectivity index (χ3n) is 1.34. The molecule has 0 aliphatic heterocycles. The molecular formula is C8H19CuNO2. The van der Waals surface area contributed by atoms with Crippen LogP contribution in [0, 0.1) is 0 Å². The molecule has 0 aliphatic carbocycles. The molecule has 4 heteroatoms. The Morgan fingerprint density at radius 3 is 1.33 bits per heavy atom. The molecule has 0 unspecified atom stereocenters. The van der Waals surface area contributed by atoms with E-state index in [0.29, 0.717) is 0 Å². The van der Waals surface area contributed by atoms with Crippen molar-refractivity contribution in [3.8, 4) is 0 Å². The summed E-state index contributed by atoms with van der Waals surface area (Å²) in [6.45, 7) is 11.2. The van der Waals surface area contributed by atoms with Gasteiger partial charge in [0.05, 0.1) is 0 Å². The average molecular weight is 225 g/mol. The van der Waals surface area contributed by atoms with E-state index in [9.17, 15) is 0 Å². The second-order valence-electron chi connectivity index (χ2n) is 2.14. The number of carbonyl (C=O) groups is 1. The Balaban J connectivity index is -0.000000142. The summed E-state index contributed by atoms with van der Waals surface area (Å²) in [5, 5.41) is 7.42. The van der Waals surface area contributed by atoms with Gasteiger partial charge in [-0.3, -0.25) is 4.79 Å². The van der Waals surface area contributed by atoms with Crippen LogP contribution in [-0.2, 0) is 21.9 Å². The Kier molecular flexibility index (Phi) is 20.2. The third kappa shape index (κ3) is 22.5. The van der Waals surface area contributed by atoms with Gasteiger partial charge in [-0.15, -0.1) is 0 Å². The van der Waals surface area contributed by atoms with E-state index in [-0.39, 0.29) is 17.1 Å². The van der Waals surface area contributed by atoms with Crippen molar-refractivity contribution in [3.63, 3.8) is 0 Å². The van der Waals surface area contributed by atoms with Gasteiger partial charge in [0.25, 0.3) is 5.97 Å². The summed E-state index contributed by atoms with van der Waals surface area (Å²) in [5.41, 5.74) is 0. The van der Waals surface area contributed by atoms with Crippen LogP contribution in [0.2, 0.25) is 0 Å². The largest absolute Gasteiger partial charge is 0.481 e. The van der Waals surface area contributed by atoms with E-state index in [4.69, 9.17) is 9.90 Å². The second kappa shape index (κ2) is 13.5. The van der Waals surface area contributed by atoms with E-state index in [0.717, 1.165) is 6.92 Å². The fourth-order valence-corrected chi connectivity index (χ4v) is 0.671. The minimum atomic E-state index is -0.833. The van der Waals surface area contributed by atoms with Gasteiger partial charge < -0.3 is 10.0 Å².